The number of alkyl halides is 1. The smallest absolute Gasteiger partial charge is 0.149 e. The molecule has 2 rings (SSSR count). The van der Waals surface area contributed by atoms with Crippen molar-refractivity contribution in [1.82, 2.24) is 0 Å². The minimum atomic E-state index is -0.193. The molecule has 1 aromatic carbocycles. The van der Waals surface area contributed by atoms with Gasteiger partial charge in [-0.25, -0.2) is 0 Å². The summed E-state index contributed by atoms with van der Waals surface area (Å²) in [5.41, 5.74) is 1.42. The first kappa shape index (κ1) is 12.6. The third-order valence-electron chi connectivity index (χ3n) is 2.86. The predicted molar refractivity (Wildman–Crippen MR) is 70.3 cm³/mol. The minimum Gasteiger partial charge on any atom is -0.298 e. The van der Waals surface area contributed by atoms with Gasteiger partial charge < -0.3 is 0 Å². The van der Waals surface area contributed by atoms with Crippen LogP contribution in [-0.2, 0) is 11.2 Å². The molecule has 1 aliphatic carbocycles. The first-order valence-corrected chi connectivity index (χ1v) is 6.77. The number of benzene rings is 1. The van der Waals surface area contributed by atoms with Gasteiger partial charge in [0.2, 0.25) is 0 Å². The predicted octanol–water partition coefficient (Wildman–Crippen LogP) is 3.50. The molecular weight excluding hydrogens is 302 g/mol. The second-order valence-electron chi connectivity index (χ2n) is 4.27. The average molecular weight is 313 g/mol. The van der Waals surface area contributed by atoms with E-state index in [0.717, 1.165) is 18.4 Å². The van der Waals surface area contributed by atoms with Gasteiger partial charge in [0.25, 0.3) is 0 Å². The number of ketones is 1. The zero-order chi connectivity index (χ0) is 12.4. The minimum absolute atomic E-state index is 0.193. The molecule has 0 amide bonds. The van der Waals surface area contributed by atoms with E-state index in [1.165, 1.54) is 0 Å². The highest BCUT2D eigenvalue weighted by Crippen LogP contribution is 2.34. The summed E-state index contributed by atoms with van der Waals surface area (Å²) in [5.74, 6) is 0.487. The molecule has 0 aliphatic heterocycles. The van der Waals surface area contributed by atoms with Crippen LogP contribution in [-0.4, -0.2) is 10.6 Å². The van der Waals surface area contributed by atoms with E-state index in [4.69, 9.17) is 16.9 Å². The van der Waals surface area contributed by atoms with Crippen LogP contribution < -0.4 is 0 Å². The van der Waals surface area contributed by atoms with Gasteiger partial charge in [0, 0.05) is 10.9 Å². The second-order valence-corrected chi connectivity index (χ2v) is 5.78. The van der Waals surface area contributed by atoms with Crippen molar-refractivity contribution in [3.63, 3.8) is 0 Å². The Morgan fingerprint density at radius 2 is 2.29 bits per heavy atom. The van der Waals surface area contributed by atoms with Crippen molar-refractivity contribution >= 4 is 33.3 Å². The topological polar surface area (TPSA) is 40.9 Å². The van der Waals surface area contributed by atoms with Gasteiger partial charge in [-0.15, -0.1) is 0 Å². The standard InChI is InChI=1S/C13H11BrClNO/c14-11(13(17)9-2-3-9)6-10-5-8(7-16)1-4-12(10)15/h1,4-5,9,11H,2-3,6H2. The highest BCUT2D eigenvalue weighted by molar-refractivity contribution is 9.10. The number of Topliss-reactive ketones (excluding diaryl/α,β-unsaturated/α-hetero) is 1. The third-order valence-corrected chi connectivity index (χ3v) is 4.01. The second kappa shape index (κ2) is 5.20. The van der Waals surface area contributed by atoms with Crippen LogP contribution in [0.1, 0.15) is 24.0 Å². The number of carbonyl (C=O) groups excluding carboxylic acids is 1. The number of hydrogen-bond donors (Lipinski definition) is 0. The summed E-state index contributed by atoms with van der Waals surface area (Å²) >= 11 is 9.47. The first-order chi connectivity index (χ1) is 8.11. The van der Waals surface area contributed by atoms with E-state index in [1.54, 1.807) is 18.2 Å². The average Bonchev–Trinajstić information content (AvgIpc) is 3.15. The van der Waals surface area contributed by atoms with Crippen LogP contribution in [0.4, 0.5) is 0 Å². The molecule has 2 nitrogen and oxygen atoms in total. The van der Waals surface area contributed by atoms with Crippen LogP contribution in [0.15, 0.2) is 18.2 Å². The fourth-order valence-corrected chi connectivity index (χ4v) is 2.64. The van der Waals surface area contributed by atoms with Gasteiger partial charge in [0.1, 0.15) is 5.78 Å². The quantitative estimate of drug-likeness (QED) is 0.798. The summed E-state index contributed by atoms with van der Waals surface area (Å²) in [5, 5.41) is 9.43. The van der Waals surface area contributed by atoms with E-state index < -0.39 is 0 Å². The summed E-state index contributed by atoms with van der Waals surface area (Å²) in [6.45, 7) is 0. The molecule has 88 valence electrons. The molecule has 1 aromatic rings. The number of rotatable bonds is 4. The lowest BCUT2D eigenvalue weighted by Gasteiger charge is -2.10. The van der Waals surface area contributed by atoms with E-state index in [9.17, 15) is 4.79 Å². The maximum atomic E-state index is 11.8. The van der Waals surface area contributed by atoms with Crippen LogP contribution >= 0.6 is 27.5 Å². The Balaban J connectivity index is 2.12. The Labute approximate surface area is 114 Å². The number of nitrogens with zero attached hydrogens (tertiary/aromatic N) is 1. The van der Waals surface area contributed by atoms with Crippen molar-refractivity contribution in [3.8, 4) is 6.07 Å². The molecular formula is C13H11BrClNO. The summed E-state index contributed by atoms with van der Waals surface area (Å²) < 4.78 is 0. The molecule has 1 fully saturated rings. The summed E-state index contributed by atoms with van der Waals surface area (Å²) in [6.07, 6.45) is 2.56. The fourth-order valence-electron chi connectivity index (χ4n) is 1.72. The van der Waals surface area contributed by atoms with E-state index >= 15 is 0 Å². The monoisotopic (exact) mass is 311 g/mol. The highest BCUT2D eigenvalue weighted by atomic mass is 79.9. The van der Waals surface area contributed by atoms with Gasteiger partial charge in [0.15, 0.2) is 0 Å². The van der Waals surface area contributed by atoms with Crippen molar-refractivity contribution in [3.05, 3.63) is 34.3 Å². The lowest BCUT2D eigenvalue weighted by atomic mass is 10.0. The summed E-state index contributed by atoms with van der Waals surface area (Å²) in [6, 6.07) is 7.20. The molecule has 17 heavy (non-hydrogen) atoms. The van der Waals surface area contributed by atoms with Crippen molar-refractivity contribution in [1.29, 1.82) is 5.26 Å². The maximum absolute atomic E-state index is 11.8. The normalized spacial score (nSPS) is 16.3. The lowest BCUT2D eigenvalue weighted by molar-refractivity contribution is -0.119. The van der Waals surface area contributed by atoms with E-state index in [1.807, 2.05) is 0 Å². The van der Waals surface area contributed by atoms with Gasteiger partial charge in [-0.3, -0.25) is 4.79 Å². The Morgan fingerprint density at radius 1 is 1.59 bits per heavy atom. The van der Waals surface area contributed by atoms with Gasteiger partial charge in [-0.1, -0.05) is 27.5 Å². The lowest BCUT2D eigenvalue weighted by Crippen LogP contribution is -2.18. The van der Waals surface area contributed by atoms with E-state index in [2.05, 4.69) is 22.0 Å². The largest absolute Gasteiger partial charge is 0.298 e. The number of carbonyl (C=O) groups is 1. The number of halogens is 2. The SMILES string of the molecule is N#Cc1ccc(Cl)c(CC(Br)C(=O)C2CC2)c1. The molecule has 0 N–H and O–H groups in total. The first-order valence-electron chi connectivity index (χ1n) is 5.48. The Bertz CT molecular complexity index is 491. The molecule has 4 heteroatoms. The van der Waals surface area contributed by atoms with Gasteiger partial charge in [0.05, 0.1) is 16.5 Å². The highest BCUT2D eigenvalue weighted by Gasteiger charge is 2.33. The number of hydrogen-bond acceptors (Lipinski definition) is 2. The molecule has 0 aromatic heterocycles. The molecule has 0 radical (unpaired) electrons. The third kappa shape index (κ3) is 3.08. The van der Waals surface area contributed by atoms with Gasteiger partial charge in [-0.05, 0) is 43.0 Å². The summed E-state index contributed by atoms with van der Waals surface area (Å²) in [7, 11) is 0. The Hall–Kier alpha value is -0.850. The van der Waals surface area contributed by atoms with Crippen molar-refractivity contribution < 1.29 is 4.79 Å². The van der Waals surface area contributed by atoms with Crippen molar-refractivity contribution in [2.24, 2.45) is 5.92 Å². The fraction of sp³-hybridized carbons (Fsp3) is 0.385. The molecule has 1 aliphatic rings. The van der Waals surface area contributed by atoms with Crippen LogP contribution in [0.5, 0.6) is 0 Å². The van der Waals surface area contributed by atoms with Gasteiger partial charge in [-0.2, -0.15) is 5.26 Å². The number of nitriles is 1. The van der Waals surface area contributed by atoms with Crippen LogP contribution in [0, 0.1) is 17.2 Å². The Kier molecular flexibility index (Phi) is 3.86. The molecule has 1 unspecified atom stereocenters. The van der Waals surface area contributed by atoms with Crippen LogP contribution in [0.3, 0.4) is 0 Å². The molecule has 0 heterocycles. The molecule has 0 bridgehead atoms. The van der Waals surface area contributed by atoms with Crippen molar-refractivity contribution in [2.75, 3.05) is 0 Å². The molecule has 0 saturated heterocycles. The molecule has 1 saturated carbocycles. The van der Waals surface area contributed by atoms with Crippen LogP contribution in [0.25, 0.3) is 0 Å². The maximum Gasteiger partial charge on any atom is 0.149 e. The van der Waals surface area contributed by atoms with Crippen LogP contribution in [0.2, 0.25) is 5.02 Å². The van der Waals surface area contributed by atoms with E-state index in [0.29, 0.717) is 17.0 Å². The van der Waals surface area contributed by atoms with E-state index in [-0.39, 0.29) is 16.5 Å². The Morgan fingerprint density at radius 3 is 2.88 bits per heavy atom. The van der Waals surface area contributed by atoms with Crippen molar-refractivity contribution in [2.45, 2.75) is 24.1 Å². The molecule has 1 atom stereocenters. The molecule has 0 spiro atoms. The summed E-state index contributed by atoms with van der Waals surface area (Å²) in [4.78, 5) is 11.6. The zero-order valence-corrected chi connectivity index (χ0v) is 11.5. The zero-order valence-electron chi connectivity index (χ0n) is 9.12. The van der Waals surface area contributed by atoms with Gasteiger partial charge >= 0.3 is 0 Å².